The predicted octanol–water partition coefficient (Wildman–Crippen LogP) is 5.70. The van der Waals surface area contributed by atoms with Gasteiger partial charge in [-0.1, -0.05) is 19.4 Å². The van der Waals surface area contributed by atoms with Crippen LogP contribution >= 0.6 is 11.8 Å². The summed E-state index contributed by atoms with van der Waals surface area (Å²) in [6.07, 6.45) is 4.26. The van der Waals surface area contributed by atoms with E-state index in [0.29, 0.717) is 5.75 Å². The first-order chi connectivity index (χ1) is 11.6. The normalized spacial score (nSPS) is 11.0. The molecule has 24 heavy (non-hydrogen) atoms. The van der Waals surface area contributed by atoms with Crippen LogP contribution in [0.3, 0.4) is 0 Å². The molecule has 0 amide bonds. The summed E-state index contributed by atoms with van der Waals surface area (Å²) in [6.45, 7) is 3.58. The summed E-state index contributed by atoms with van der Waals surface area (Å²) < 4.78 is 11.2. The number of carbonyl (C=O) groups is 1. The fourth-order valence-corrected chi connectivity index (χ4v) is 3.52. The Labute approximate surface area is 146 Å². The van der Waals surface area contributed by atoms with E-state index >= 15 is 0 Å². The molecule has 0 saturated carbocycles. The molecule has 0 aliphatic heterocycles. The molecule has 0 spiro atoms. The fourth-order valence-electron chi connectivity index (χ4n) is 2.80. The summed E-state index contributed by atoms with van der Waals surface area (Å²) in [4.78, 5) is 12.2. The Kier molecular flexibility index (Phi) is 4.95. The lowest BCUT2D eigenvalue weighted by Gasteiger charge is -2.03. The van der Waals surface area contributed by atoms with E-state index in [1.54, 1.807) is 23.9 Å². The van der Waals surface area contributed by atoms with Crippen molar-refractivity contribution in [2.75, 3.05) is 6.26 Å². The standard InChI is InChI=1S/C20H20O3S/c1-4-5-14-6-11-18-17(12-14)20(24-3)19(23-18)15-7-9-16(10-8-15)22-13(2)21/h6-12H,4-5H2,1-3H3. The number of hydrogen-bond acceptors (Lipinski definition) is 4. The molecule has 124 valence electrons. The van der Waals surface area contributed by atoms with Gasteiger partial charge in [-0.05, 0) is 54.6 Å². The average molecular weight is 340 g/mol. The van der Waals surface area contributed by atoms with Gasteiger partial charge in [0.05, 0.1) is 4.90 Å². The highest BCUT2D eigenvalue weighted by Crippen LogP contribution is 2.40. The fraction of sp³-hybridized carbons (Fsp3) is 0.250. The molecule has 1 aromatic heterocycles. The lowest BCUT2D eigenvalue weighted by atomic mass is 10.1. The molecule has 2 aromatic carbocycles. The van der Waals surface area contributed by atoms with Crippen molar-refractivity contribution in [3.63, 3.8) is 0 Å². The topological polar surface area (TPSA) is 39.4 Å². The van der Waals surface area contributed by atoms with Gasteiger partial charge in [0.15, 0.2) is 0 Å². The summed E-state index contributed by atoms with van der Waals surface area (Å²) in [5, 5.41) is 1.16. The van der Waals surface area contributed by atoms with Crippen molar-refractivity contribution in [3.05, 3.63) is 48.0 Å². The Balaban J connectivity index is 2.03. The first kappa shape index (κ1) is 16.7. The molecule has 3 aromatic rings. The van der Waals surface area contributed by atoms with Crippen LogP contribution in [0, 0.1) is 0 Å². The van der Waals surface area contributed by atoms with Gasteiger partial charge in [0, 0.05) is 17.9 Å². The summed E-state index contributed by atoms with van der Waals surface area (Å²) in [5.41, 5.74) is 3.21. The molecule has 0 aliphatic carbocycles. The van der Waals surface area contributed by atoms with Crippen molar-refractivity contribution >= 4 is 28.7 Å². The molecule has 0 bridgehead atoms. The maximum absolute atomic E-state index is 11.0. The highest BCUT2D eigenvalue weighted by Gasteiger charge is 2.16. The maximum atomic E-state index is 11.0. The zero-order valence-electron chi connectivity index (χ0n) is 14.1. The Morgan fingerprint density at radius 1 is 1.17 bits per heavy atom. The molecule has 0 radical (unpaired) electrons. The minimum Gasteiger partial charge on any atom is -0.455 e. The number of carbonyl (C=O) groups excluding carboxylic acids is 1. The van der Waals surface area contributed by atoms with Crippen LogP contribution in [0.2, 0.25) is 0 Å². The minimum atomic E-state index is -0.320. The Morgan fingerprint density at radius 3 is 2.54 bits per heavy atom. The monoisotopic (exact) mass is 340 g/mol. The molecular formula is C20H20O3S. The van der Waals surface area contributed by atoms with Crippen molar-refractivity contribution in [2.45, 2.75) is 31.6 Å². The van der Waals surface area contributed by atoms with Crippen LogP contribution in [0.1, 0.15) is 25.8 Å². The molecule has 0 N–H and O–H groups in total. The molecule has 3 rings (SSSR count). The van der Waals surface area contributed by atoms with E-state index in [1.165, 1.54) is 12.5 Å². The van der Waals surface area contributed by atoms with E-state index in [9.17, 15) is 4.79 Å². The van der Waals surface area contributed by atoms with Gasteiger partial charge in [0.25, 0.3) is 0 Å². The molecule has 0 saturated heterocycles. The number of rotatable bonds is 5. The number of hydrogen-bond donors (Lipinski definition) is 0. The third-order valence-electron chi connectivity index (χ3n) is 3.83. The van der Waals surface area contributed by atoms with Gasteiger partial charge in [0.1, 0.15) is 17.1 Å². The molecule has 1 heterocycles. The second kappa shape index (κ2) is 7.14. The van der Waals surface area contributed by atoms with Crippen molar-refractivity contribution in [3.8, 4) is 17.1 Å². The molecule has 0 aliphatic rings. The van der Waals surface area contributed by atoms with Crippen molar-refractivity contribution in [2.24, 2.45) is 0 Å². The van der Waals surface area contributed by atoms with E-state index in [1.807, 2.05) is 12.1 Å². The first-order valence-electron chi connectivity index (χ1n) is 8.00. The van der Waals surface area contributed by atoms with Crippen LogP contribution < -0.4 is 4.74 Å². The van der Waals surface area contributed by atoms with Crippen molar-refractivity contribution < 1.29 is 13.9 Å². The lowest BCUT2D eigenvalue weighted by Crippen LogP contribution is -2.00. The van der Waals surface area contributed by atoms with E-state index in [2.05, 4.69) is 31.4 Å². The van der Waals surface area contributed by atoms with Gasteiger partial charge in [-0.3, -0.25) is 4.79 Å². The zero-order valence-corrected chi connectivity index (χ0v) is 14.9. The molecule has 4 heteroatoms. The second-order valence-electron chi connectivity index (χ2n) is 5.66. The molecule has 0 fully saturated rings. The summed E-state index contributed by atoms with van der Waals surface area (Å²) in [5.74, 6) is 1.08. The van der Waals surface area contributed by atoms with Crippen LogP contribution in [0.5, 0.6) is 5.75 Å². The lowest BCUT2D eigenvalue weighted by molar-refractivity contribution is -0.131. The van der Waals surface area contributed by atoms with Crippen molar-refractivity contribution in [1.82, 2.24) is 0 Å². The number of benzene rings is 2. The number of aryl methyl sites for hydroxylation is 1. The van der Waals surface area contributed by atoms with Crippen LogP contribution in [-0.4, -0.2) is 12.2 Å². The Hall–Kier alpha value is -2.20. The largest absolute Gasteiger partial charge is 0.455 e. The predicted molar refractivity (Wildman–Crippen MR) is 98.7 cm³/mol. The van der Waals surface area contributed by atoms with Crippen LogP contribution in [0.15, 0.2) is 51.8 Å². The van der Waals surface area contributed by atoms with E-state index in [4.69, 9.17) is 9.15 Å². The second-order valence-corrected chi connectivity index (χ2v) is 6.48. The highest BCUT2D eigenvalue weighted by atomic mass is 32.2. The highest BCUT2D eigenvalue weighted by molar-refractivity contribution is 7.99. The van der Waals surface area contributed by atoms with Gasteiger partial charge < -0.3 is 9.15 Å². The average Bonchev–Trinajstić information content (AvgIpc) is 2.93. The smallest absolute Gasteiger partial charge is 0.308 e. The maximum Gasteiger partial charge on any atom is 0.308 e. The molecule has 3 nitrogen and oxygen atoms in total. The van der Waals surface area contributed by atoms with Gasteiger partial charge in [0.2, 0.25) is 0 Å². The summed E-state index contributed by atoms with van der Waals surface area (Å²) >= 11 is 1.69. The molecule has 0 unspecified atom stereocenters. The summed E-state index contributed by atoms with van der Waals surface area (Å²) in [6, 6.07) is 13.8. The van der Waals surface area contributed by atoms with Gasteiger partial charge in [-0.2, -0.15) is 0 Å². The summed E-state index contributed by atoms with van der Waals surface area (Å²) in [7, 11) is 0. The number of furan rings is 1. The number of esters is 1. The SMILES string of the molecule is CCCc1ccc2oc(-c3ccc(OC(C)=O)cc3)c(SC)c2c1. The molecule has 0 atom stereocenters. The first-order valence-corrected chi connectivity index (χ1v) is 9.23. The van der Waals surface area contributed by atoms with E-state index in [-0.39, 0.29) is 5.97 Å². The Bertz CT molecular complexity index is 862. The molecular weight excluding hydrogens is 320 g/mol. The van der Waals surface area contributed by atoms with E-state index in [0.717, 1.165) is 40.0 Å². The Morgan fingerprint density at radius 2 is 1.92 bits per heavy atom. The van der Waals surface area contributed by atoms with Crippen LogP contribution in [0.25, 0.3) is 22.3 Å². The van der Waals surface area contributed by atoms with Gasteiger partial charge in [-0.25, -0.2) is 0 Å². The van der Waals surface area contributed by atoms with Gasteiger partial charge >= 0.3 is 5.97 Å². The van der Waals surface area contributed by atoms with E-state index < -0.39 is 0 Å². The third kappa shape index (κ3) is 3.34. The van der Waals surface area contributed by atoms with Crippen LogP contribution in [0.4, 0.5) is 0 Å². The number of ether oxygens (including phenoxy) is 1. The van der Waals surface area contributed by atoms with Crippen molar-refractivity contribution in [1.29, 1.82) is 0 Å². The zero-order chi connectivity index (χ0) is 17.1. The minimum absolute atomic E-state index is 0.320. The third-order valence-corrected chi connectivity index (χ3v) is 4.64. The van der Waals surface area contributed by atoms with Crippen LogP contribution in [-0.2, 0) is 11.2 Å². The quantitative estimate of drug-likeness (QED) is 0.339. The van der Waals surface area contributed by atoms with Gasteiger partial charge in [-0.15, -0.1) is 11.8 Å². The number of thioether (sulfide) groups is 1. The number of fused-ring (bicyclic) bond motifs is 1.